The maximum Gasteiger partial charge on any atom is 0.114 e. The number of ether oxygens (including phenoxy) is 1. The van der Waals surface area contributed by atoms with E-state index in [0.717, 1.165) is 96.6 Å². The first-order valence-electron chi connectivity index (χ1n) is 11.0. The molecule has 162 valence electrons. The number of aliphatic imine (C=N–C) groups is 1. The molecule has 30 heavy (non-hydrogen) atoms. The van der Waals surface area contributed by atoms with Crippen molar-refractivity contribution < 1.29 is 4.74 Å². The number of rotatable bonds is 6. The Hall–Kier alpha value is -1.25. The maximum absolute atomic E-state index is 6.42. The lowest BCUT2D eigenvalue weighted by Gasteiger charge is -2.24. The first kappa shape index (κ1) is 20.6. The van der Waals surface area contributed by atoms with E-state index < -0.39 is 0 Å². The van der Waals surface area contributed by atoms with Gasteiger partial charge in [-0.1, -0.05) is 11.6 Å². The number of anilines is 1. The Morgan fingerprint density at radius 2 is 2.13 bits per heavy atom. The first-order valence-corrected chi connectivity index (χ1v) is 12.4. The molecule has 0 spiro atoms. The Balaban J connectivity index is 1.30. The fourth-order valence-electron chi connectivity index (χ4n) is 4.61. The summed E-state index contributed by atoms with van der Waals surface area (Å²) in [6.07, 6.45) is 4.27. The van der Waals surface area contributed by atoms with Gasteiger partial charge in [0.1, 0.15) is 5.04 Å². The molecule has 3 aliphatic rings. The second-order valence-corrected chi connectivity index (χ2v) is 10.1. The number of halogens is 1. The molecule has 1 aromatic heterocycles. The zero-order valence-corrected chi connectivity index (χ0v) is 18.8. The van der Waals surface area contributed by atoms with Gasteiger partial charge in [0.05, 0.1) is 22.9 Å². The van der Waals surface area contributed by atoms with E-state index in [0.29, 0.717) is 18.1 Å². The third kappa shape index (κ3) is 4.65. The largest absolute Gasteiger partial charge is 0.381 e. The van der Waals surface area contributed by atoms with Crippen molar-refractivity contribution >= 4 is 45.0 Å². The van der Waals surface area contributed by atoms with E-state index in [9.17, 15) is 0 Å². The average molecular weight is 448 g/mol. The topological polar surface area (TPSA) is 78.7 Å². The summed E-state index contributed by atoms with van der Waals surface area (Å²) in [5.74, 6) is 1.05. The van der Waals surface area contributed by atoms with Crippen molar-refractivity contribution in [1.29, 1.82) is 0 Å². The minimum absolute atomic E-state index is 0.351. The molecular formula is C22H30ClN5OS. The lowest BCUT2D eigenvalue weighted by atomic mass is 10.1. The van der Waals surface area contributed by atoms with E-state index >= 15 is 0 Å². The lowest BCUT2D eigenvalue weighted by molar-refractivity contribution is 0.0905. The van der Waals surface area contributed by atoms with Gasteiger partial charge >= 0.3 is 0 Å². The van der Waals surface area contributed by atoms with Gasteiger partial charge < -0.3 is 25.7 Å². The van der Waals surface area contributed by atoms with Crippen LogP contribution in [0.25, 0.3) is 10.9 Å². The highest BCUT2D eigenvalue weighted by Gasteiger charge is 2.24. The zero-order valence-electron chi connectivity index (χ0n) is 17.2. The van der Waals surface area contributed by atoms with Crippen LogP contribution >= 0.6 is 23.4 Å². The molecule has 2 unspecified atom stereocenters. The lowest BCUT2D eigenvalue weighted by Crippen LogP contribution is -2.28. The van der Waals surface area contributed by atoms with Crippen LogP contribution in [0.2, 0.25) is 5.02 Å². The number of aromatic nitrogens is 1. The highest BCUT2D eigenvalue weighted by molar-refractivity contribution is 8.14. The molecule has 2 aromatic rings. The van der Waals surface area contributed by atoms with E-state index in [1.54, 1.807) is 0 Å². The summed E-state index contributed by atoms with van der Waals surface area (Å²) < 4.78 is 5.49. The van der Waals surface area contributed by atoms with Crippen LogP contribution in [0.1, 0.15) is 31.4 Å². The van der Waals surface area contributed by atoms with Crippen LogP contribution in [0, 0.1) is 0 Å². The summed E-state index contributed by atoms with van der Waals surface area (Å²) in [5.41, 5.74) is 9.30. The van der Waals surface area contributed by atoms with Crippen molar-refractivity contribution in [2.24, 2.45) is 10.7 Å². The number of aromatic amines is 1. The van der Waals surface area contributed by atoms with Crippen LogP contribution in [-0.2, 0) is 4.74 Å². The number of nitrogens with zero attached hydrogens (tertiary/aromatic N) is 2. The molecule has 1 aromatic carbocycles. The number of benzene rings is 1. The third-order valence-electron chi connectivity index (χ3n) is 6.30. The van der Waals surface area contributed by atoms with Crippen molar-refractivity contribution in [3.8, 4) is 0 Å². The van der Waals surface area contributed by atoms with Gasteiger partial charge in [-0.3, -0.25) is 4.99 Å². The highest BCUT2D eigenvalue weighted by Crippen LogP contribution is 2.33. The van der Waals surface area contributed by atoms with Gasteiger partial charge in [-0.25, -0.2) is 0 Å². The SMILES string of the molecule is NC1CCN(CCC2CSC(c3cc4cc(Cl)cc(NC5CCOCC5)c4[nH]3)=N2)C1. The molecule has 0 saturated carbocycles. The highest BCUT2D eigenvalue weighted by atomic mass is 35.5. The predicted molar refractivity (Wildman–Crippen MR) is 127 cm³/mol. The number of likely N-dealkylation sites (tertiary alicyclic amines) is 1. The Labute approximate surface area is 186 Å². The van der Waals surface area contributed by atoms with Gasteiger partial charge in [0.25, 0.3) is 0 Å². The summed E-state index contributed by atoms with van der Waals surface area (Å²) in [4.78, 5) is 11.1. The van der Waals surface area contributed by atoms with Crippen LogP contribution in [0.4, 0.5) is 5.69 Å². The smallest absolute Gasteiger partial charge is 0.114 e. The van der Waals surface area contributed by atoms with Crippen LogP contribution < -0.4 is 11.1 Å². The fourth-order valence-corrected chi connectivity index (χ4v) is 5.91. The van der Waals surface area contributed by atoms with Crippen molar-refractivity contribution in [3.63, 3.8) is 0 Å². The first-order chi connectivity index (χ1) is 14.6. The van der Waals surface area contributed by atoms with E-state index in [1.807, 2.05) is 23.9 Å². The number of nitrogens with two attached hydrogens (primary N) is 1. The number of H-pyrrole nitrogens is 1. The monoisotopic (exact) mass is 447 g/mol. The number of hydrogen-bond donors (Lipinski definition) is 3. The summed E-state index contributed by atoms with van der Waals surface area (Å²) in [7, 11) is 0. The fraction of sp³-hybridized carbons (Fsp3) is 0.591. The molecule has 5 rings (SSSR count). The van der Waals surface area contributed by atoms with Crippen LogP contribution in [0.5, 0.6) is 0 Å². The normalized spacial score (nSPS) is 25.9. The van der Waals surface area contributed by atoms with Gasteiger partial charge in [0.15, 0.2) is 0 Å². The van der Waals surface area contributed by atoms with Crippen molar-refractivity contribution in [3.05, 3.63) is 28.9 Å². The molecule has 0 aliphatic carbocycles. The molecule has 0 radical (unpaired) electrons. The molecule has 4 heterocycles. The van der Waals surface area contributed by atoms with Crippen LogP contribution in [0.15, 0.2) is 23.2 Å². The third-order valence-corrected chi connectivity index (χ3v) is 7.67. The summed E-state index contributed by atoms with van der Waals surface area (Å²) in [5, 5.41) is 6.67. The molecule has 6 nitrogen and oxygen atoms in total. The van der Waals surface area contributed by atoms with E-state index in [1.165, 1.54) is 0 Å². The molecule has 2 saturated heterocycles. The second-order valence-electron chi connectivity index (χ2n) is 8.67. The molecule has 2 atom stereocenters. The van der Waals surface area contributed by atoms with Gasteiger partial charge in [-0.05, 0) is 50.4 Å². The van der Waals surface area contributed by atoms with E-state index in [4.69, 9.17) is 27.1 Å². The van der Waals surface area contributed by atoms with Gasteiger partial charge in [-0.2, -0.15) is 0 Å². The number of thioether (sulfide) groups is 1. The quantitative estimate of drug-likeness (QED) is 0.629. The minimum Gasteiger partial charge on any atom is -0.381 e. The molecule has 2 fully saturated rings. The van der Waals surface area contributed by atoms with E-state index in [-0.39, 0.29) is 0 Å². The zero-order chi connectivity index (χ0) is 20.5. The molecule has 8 heteroatoms. The van der Waals surface area contributed by atoms with Gasteiger partial charge in [0.2, 0.25) is 0 Å². The molecule has 4 N–H and O–H groups in total. The Morgan fingerprint density at radius 1 is 1.27 bits per heavy atom. The molecule has 0 bridgehead atoms. The Kier molecular flexibility index (Phi) is 6.25. The number of fused-ring (bicyclic) bond motifs is 1. The molecule has 0 amide bonds. The average Bonchev–Trinajstić information content (AvgIpc) is 3.46. The van der Waals surface area contributed by atoms with Crippen molar-refractivity contribution in [2.75, 3.05) is 43.9 Å². The summed E-state index contributed by atoms with van der Waals surface area (Å²) >= 11 is 8.27. The summed E-state index contributed by atoms with van der Waals surface area (Å²) in [6, 6.07) is 7.39. The maximum atomic E-state index is 6.42. The molecule has 3 aliphatic heterocycles. The Bertz CT molecular complexity index is 926. The van der Waals surface area contributed by atoms with Crippen molar-refractivity contribution in [2.45, 2.75) is 43.8 Å². The summed E-state index contributed by atoms with van der Waals surface area (Å²) in [6.45, 7) is 4.88. The van der Waals surface area contributed by atoms with Crippen LogP contribution in [-0.4, -0.2) is 71.7 Å². The minimum atomic E-state index is 0.351. The number of nitrogens with one attached hydrogen (secondary N) is 2. The Morgan fingerprint density at radius 3 is 2.93 bits per heavy atom. The van der Waals surface area contributed by atoms with Crippen LogP contribution in [0.3, 0.4) is 0 Å². The van der Waals surface area contributed by atoms with Gasteiger partial charge in [0, 0.05) is 54.5 Å². The second kappa shape index (κ2) is 9.09. The number of hydrogen-bond acceptors (Lipinski definition) is 6. The molecular weight excluding hydrogens is 418 g/mol. The standard InChI is InChI=1S/C22H30ClN5OS/c23-15-9-14-10-20(27-21(14)19(11-15)25-17-3-7-29-8-4-17)22-26-18(13-30-22)2-6-28-5-1-16(24)12-28/h9-11,16-18,25,27H,1-8,12-13,24H2. The van der Waals surface area contributed by atoms with Crippen molar-refractivity contribution in [1.82, 2.24) is 9.88 Å². The van der Waals surface area contributed by atoms with E-state index in [2.05, 4.69) is 21.3 Å². The predicted octanol–water partition coefficient (Wildman–Crippen LogP) is 3.70. The van der Waals surface area contributed by atoms with Gasteiger partial charge in [-0.15, -0.1) is 11.8 Å².